The molecule has 2 amide bonds. The number of carbonyl (C=O) groups is 1. The Morgan fingerprint density at radius 3 is 2.55 bits per heavy atom. The Balaban J connectivity index is 1.42. The molecule has 0 aromatic heterocycles. The van der Waals surface area contributed by atoms with Crippen LogP contribution >= 0.6 is 0 Å². The number of anilines is 1. The van der Waals surface area contributed by atoms with Crippen LogP contribution in [-0.2, 0) is 37.6 Å². The number of urea groups is 1. The van der Waals surface area contributed by atoms with Gasteiger partial charge in [-0.15, -0.1) is 0 Å². The quantitative estimate of drug-likeness (QED) is 0.636. The molecular weight excluding hydrogens is 466 g/mol. The van der Waals surface area contributed by atoms with Crippen LogP contribution in [-0.4, -0.2) is 59.8 Å². The number of benzene rings is 2. The van der Waals surface area contributed by atoms with Gasteiger partial charge in [-0.3, -0.25) is 0 Å². The Hall–Kier alpha value is -2.47. The Labute approximate surface area is 194 Å². The Kier molecular flexibility index (Phi) is 6.76. The predicted molar refractivity (Wildman–Crippen MR) is 123 cm³/mol. The summed E-state index contributed by atoms with van der Waals surface area (Å²) in [5.41, 5.74) is 1.98. The van der Waals surface area contributed by atoms with Gasteiger partial charge in [-0.05, 0) is 67.8 Å². The summed E-state index contributed by atoms with van der Waals surface area (Å²) in [4.78, 5) is 14.8. The molecule has 178 valence electrons. The van der Waals surface area contributed by atoms with Crippen molar-refractivity contribution in [1.29, 1.82) is 0 Å². The lowest BCUT2D eigenvalue weighted by atomic mass is 10.00. The molecule has 0 radical (unpaired) electrons. The summed E-state index contributed by atoms with van der Waals surface area (Å²) in [6, 6.07) is 10.8. The molecule has 2 aromatic rings. The molecule has 2 aliphatic rings. The van der Waals surface area contributed by atoms with Crippen molar-refractivity contribution in [3.05, 3.63) is 53.6 Å². The zero-order chi connectivity index (χ0) is 23.6. The van der Waals surface area contributed by atoms with Crippen LogP contribution in [0.25, 0.3) is 0 Å². The first-order chi connectivity index (χ1) is 15.7. The molecular formula is C22H27N3O6S2. The van der Waals surface area contributed by atoms with Crippen molar-refractivity contribution in [3.8, 4) is 0 Å². The fraction of sp³-hybridized carbons (Fsp3) is 0.409. The number of hydrogen-bond acceptors (Lipinski definition) is 6. The number of sulfonamides is 1. The lowest BCUT2D eigenvalue weighted by Gasteiger charge is -2.30. The largest absolute Gasteiger partial charge is 0.377 e. The standard InChI is InChI=1S/C22H27N3O6S2/c1-23-33(29,30)21-6-2-4-16-14-25(12-11-20(16)21)22(26)24-17-7-9-19(10-8-17)32(27,28)15-18-5-3-13-31-18/h2,4,6-10,18,23H,3,5,11-15H2,1H3,(H,24,26). The first kappa shape index (κ1) is 23.7. The number of ether oxygens (including phenoxy) is 1. The lowest BCUT2D eigenvalue weighted by molar-refractivity contribution is 0.127. The highest BCUT2D eigenvalue weighted by Crippen LogP contribution is 2.26. The second-order valence-electron chi connectivity index (χ2n) is 8.14. The zero-order valence-corrected chi connectivity index (χ0v) is 19.9. The first-order valence-corrected chi connectivity index (χ1v) is 13.9. The fourth-order valence-electron chi connectivity index (χ4n) is 4.17. The van der Waals surface area contributed by atoms with Gasteiger partial charge in [-0.1, -0.05) is 12.1 Å². The van der Waals surface area contributed by atoms with Crippen LogP contribution in [0.3, 0.4) is 0 Å². The molecule has 9 nitrogen and oxygen atoms in total. The van der Waals surface area contributed by atoms with Crippen LogP contribution in [0.5, 0.6) is 0 Å². The average molecular weight is 494 g/mol. The van der Waals surface area contributed by atoms with Crippen molar-refractivity contribution in [3.63, 3.8) is 0 Å². The number of fused-ring (bicyclic) bond motifs is 1. The third kappa shape index (κ3) is 5.21. The van der Waals surface area contributed by atoms with E-state index in [0.29, 0.717) is 25.3 Å². The summed E-state index contributed by atoms with van der Waals surface area (Å²) >= 11 is 0. The van der Waals surface area contributed by atoms with Crippen LogP contribution in [0.2, 0.25) is 0 Å². The molecule has 0 spiro atoms. The Bertz CT molecular complexity index is 1240. The summed E-state index contributed by atoms with van der Waals surface area (Å²) in [6.45, 7) is 1.24. The van der Waals surface area contributed by atoms with Gasteiger partial charge in [0, 0.05) is 25.4 Å². The molecule has 1 unspecified atom stereocenters. The monoisotopic (exact) mass is 493 g/mol. The molecule has 2 aromatic carbocycles. The minimum atomic E-state index is -3.58. The molecule has 0 bridgehead atoms. The van der Waals surface area contributed by atoms with E-state index < -0.39 is 19.9 Å². The minimum absolute atomic E-state index is 0.0445. The van der Waals surface area contributed by atoms with Crippen molar-refractivity contribution >= 4 is 31.6 Å². The SMILES string of the molecule is CNS(=O)(=O)c1cccc2c1CCN(C(=O)Nc1ccc(S(=O)(=O)CC3CCCO3)cc1)C2. The average Bonchev–Trinajstić information content (AvgIpc) is 3.31. The second-order valence-corrected chi connectivity index (χ2v) is 12.0. The van der Waals surface area contributed by atoms with E-state index in [1.165, 1.54) is 19.2 Å². The topological polar surface area (TPSA) is 122 Å². The van der Waals surface area contributed by atoms with E-state index >= 15 is 0 Å². The van der Waals surface area contributed by atoms with E-state index in [9.17, 15) is 21.6 Å². The van der Waals surface area contributed by atoms with Gasteiger partial charge in [0.1, 0.15) is 0 Å². The van der Waals surface area contributed by atoms with E-state index in [1.54, 1.807) is 29.2 Å². The third-order valence-electron chi connectivity index (χ3n) is 5.96. The molecule has 2 N–H and O–H groups in total. The summed E-state index contributed by atoms with van der Waals surface area (Å²) in [7, 11) is -5.67. The number of rotatable bonds is 6. The maximum absolute atomic E-state index is 12.8. The predicted octanol–water partition coefficient (Wildman–Crippen LogP) is 2.14. The number of sulfone groups is 1. The van der Waals surface area contributed by atoms with Crippen molar-refractivity contribution in [2.45, 2.75) is 41.7 Å². The number of carbonyl (C=O) groups excluding carboxylic acids is 1. The van der Waals surface area contributed by atoms with E-state index in [1.807, 2.05) is 6.07 Å². The van der Waals surface area contributed by atoms with E-state index in [2.05, 4.69) is 10.0 Å². The maximum Gasteiger partial charge on any atom is 0.322 e. The number of hydrogen-bond donors (Lipinski definition) is 2. The summed E-state index contributed by atoms with van der Waals surface area (Å²) in [5.74, 6) is -0.0445. The summed E-state index contributed by atoms with van der Waals surface area (Å²) < 4.78 is 57.5. The molecule has 0 aliphatic carbocycles. The van der Waals surface area contributed by atoms with Gasteiger partial charge in [-0.2, -0.15) is 0 Å². The van der Waals surface area contributed by atoms with Gasteiger partial charge in [0.2, 0.25) is 10.0 Å². The molecule has 4 rings (SSSR count). The fourth-order valence-corrected chi connectivity index (χ4v) is 6.71. The normalized spacial score (nSPS) is 18.7. The van der Waals surface area contributed by atoms with Crippen molar-refractivity contribution < 1.29 is 26.4 Å². The van der Waals surface area contributed by atoms with Crippen LogP contribution in [0, 0.1) is 0 Å². The third-order valence-corrected chi connectivity index (χ3v) is 9.26. The van der Waals surface area contributed by atoms with Gasteiger partial charge in [-0.25, -0.2) is 26.4 Å². The first-order valence-electron chi connectivity index (χ1n) is 10.7. The minimum Gasteiger partial charge on any atom is -0.377 e. The maximum atomic E-state index is 12.8. The molecule has 0 saturated carbocycles. The van der Waals surface area contributed by atoms with Crippen LogP contribution in [0.15, 0.2) is 52.3 Å². The van der Waals surface area contributed by atoms with Crippen molar-refractivity contribution in [2.24, 2.45) is 0 Å². The molecule has 1 atom stereocenters. The molecule has 2 aliphatic heterocycles. The Morgan fingerprint density at radius 2 is 1.88 bits per heavy atom. The number of nitrogens with zero attached hydrogens (tertiary/aromatic N) is 1. The van der Waals surface area contributed by atoms with Crippen molar-refractivity contribution in [2.75, 3.05) is 31.3 Å². The van der Waals surface area contributed by atoms with E-state index in [0.717, 1.165) is 24.0 Å². The molecule has 1 saturated heterocycles. The smallest absolute Gasteiger partial charge is 0.322 e. The molecule has 2 heterocycles. The van der Waals surface area contributed by atoms with Crippen LogP contribution < -0.4 is 10.0 Å². The highest BCUT2D eigenvalue weighted by Gasteiger charge is 2.27. The molecule has 33 heavy (non-hydrogen) atoms. The van der Waals surface area contributed by atoms with Gasteiger partial charge in [0.15, 0.2) is 9.84 Å². The van der Waals surface area contributed by atoms with Crippen molar-refractivity contribution in [1.82, 2.24) is 9.62 Å². The van der Waals surface area contributed by atoms with Gasteiger partial charge >= 0.3 is 6.03 Å². The van der Waals surface area contributed by atoms with Gasteiger partial charge in [0.05, 0.1) is 21.6 Å². The highest BCUT2D eigenvalue weighted by molar-refractivity contribution is 7.91. The second kappa shape index (κ2) is 9.41. The van der Waals surface area contributed by atoms with Gasteiger partial charge in [0.25, 0.3) is 0 Å². The van der Waals surface area contributed by atoms with Gasteiger partial charge < -0.3 is 15.0 Å². The molecule has 1 fully saturated rings. The zero-order valence-electron chi connectivity index (χ0n) is 18.3. The van der Waals surface area contributed by atoms with Crippen LogP contribution in [0.1, 0.15) is 24.0 Å². The van der Waals surface area contributed by atoms with Crippen LogP contribution in [0.4, 0.5) is 10.5 Å². The van der Waals surface area contributed by atoms with E-state index in [4.69, 9.17) is 4.74 Å². The summed E-state index contributed by atoms with van der Waals surface area (Å²) in [5, 5.41) is 2.79. The Morgan fingerprint density at radius 1 is 1.12 bits per heavy atom. The lowest BCUT2D eigenvalue weighted by Crippen LogP contribution is -2.39. The highest BCUT2D eigenvalue weighted by atomic mass is 32.2. The summed E-state index contributed by atoms with van der Waals surface area (Å²) in [6.07, 6.45) is 1.77. The van der Waals surface area contributed by atoms with E-state index in [-0.39, 0.29) is 34.2 Å². The molecule has 11 heteroatoms. The number of amides is 2. The number of nitrogens with one attached hydrogen (secondary N) is 2.